The molecular weight excluding hydrogens is 530 g/mol. The van der Waals surface area contributed by atoms with Crippen molar-refractivity contribution in [2.75, 3.05) is 7.11 Å². The van der Waals surface area contributed by atoms with Crippen LogP contribution in [0.15, 0.2) is 33.2 Å². The third-order valence-electron chi connectivity index (χ3n) is 3.40. The van der Waals surface area contributed by atoms with E-state index in [1.165, 1.54) is 0 Å². The van der Waals surface area contributed by atoms with Crippen molar-refractivity contribution in [2.45, 2.75) is 19.2 Å². The van der Waals surface area contributed by atoms with E-state index >= 15 is 0 Å². The minimum Gasteiger partial charge on any atom is -0.496 e. The lowest BCUT2D eigenvalue weighted by Gasteiger charge is -2.21. The van der Waals surface area contributed by atoms with Crippen molar-refractivity contribution < 1.29 is 4.74 Å². The molecule has 112 valence electrons. The topological polar surface area (TPSA) is 9.23 Å². The van der Waals surface area contributed by atoms with E-state index in [9.17, 15) is 0 Å². The summed E-state index contributed by atoms with van der Waals surface area (Å²) in [5.41, 5.74) is 4.27. The van der Waals surface area contributed by atoms with Gasteiger partial charge in [0.15, 0.2) is 0 Å². The molecule has 2 aromatic carbocycles. The Kier molecular flexibility index (Phi) is 6.02. The fraction of sp³-hybridized carbons (Fsp3) is 0.250. The number of hydrogen-bond donors (Lipinski definition) is 0. The average molecular weight is 544 g/mol. The van der Waals surface area contributed by atoms with Crippen molar-refractivity contribution in [3.8, 4) is 5.75 Å². The van der Waals surface area contributed by atoms with Gasteiger partial charge in [0.05, 0.1) is 12.5 Å². The van der Waals surface area contributed by atoms with Crippen LogP contribution in [-0.4, -0.2) is 7.11 Å². The Bertz CT molecular complexity index is 688. The van der Waals surface area contributed by atoms with Crippen LogP contribution in [0.3, 0.4) is 0 Å². The van der Waals surface area contributed by atoms with Crippen LogP contribution in [-0.2, 0) is 0 Å². The second-order valence-electron chi connectivity index (χ2n) is 4.78. The van der Waals surface area contributed by atoms with Crippen molar-refractivity contribution in [1.29, 1.82) is 0 Å². The highest BCUT2D eigenvalue weighted by atomic mass is 127. The molecule has 21 heavy (non-hydrogen) atoms. The lowest BCUT2D eigenvalue weighted by Crippen LogP contribution is -2.04. The number of benzene rings is 2. The van der Waals surface area contributed by atoms with Crippen molar-refractivity contribution >= 4 is 66.1 Å². The van der Waals surface area contributed by atoms with Crippen molar-refractivity contribution in [2.24, 2.45) is 0 Å². The number of halogens is 4. The van der Waals surface area contributed by atoms with Crippen LogP contribution < -0.4 is 4.74 Å². The number of ether oxygens (including phenoxy) is 1. The van der Waals surface area contributed by atoms with E-state index in [-0.39, 0.29) is 5.38 Å². The lowest BCUT2D eigenvalue weighted by atomic mass is 9.96. The molecule has 0 heterocycles. The Morgan fingerprint density at radius 3 is 2.48 bits per heavy atom. The summed E-state index contributed by atoms with van der Waals surface area (Å²) in [5, 5.41) is -0.263. The first-order valence-electron chi connectivity index (χ1n) is 6.29. The summed E-state index contributed by atoms with van der Waals surface area (Å²) in [4.78, 5) is 0. The maximum Gasteiger partial charge on any atom is 0.127 e. The van der Waals surface area contributed by atoms with Crippen LogP contribution in [0.5, 0.6) is 5.75 Å². The summed E-state index contributed by atoms with van der Waals surface area (Å²) in [6.45, 7) is 4.09. The lowest BCUT2D eigenvalue weighted by molar-refractivity contribution is 0.406. The zero-order valence-electron chi connectivity index (χ0n) is 11.8. The van der Waals surface area contributed by atoms with E-state index in [0.29, 0.717) is 0 Å². The molecular formula is C16H14Br2ClIO. The molecule has 0 aliphatic carbocycles. The first kappa shape index (κ1) is 17.6. The molecule has 0 aromatic heterocycles. The molecule has 2 aromatic rings. The minimum atomic E-state index is -0.263. The fourth-order valence-electron chi connectivity index (χ4n) is 2.32. The smallest absolute Gasteiger partial charge is 0.127 e. The molecule has 1 atom stereocenters. The molecule has 0 radical (unpaired) electrons. The van der Waals surface area contributed by atoms with Crippen molar-refractivity contribution in [3.63, 3.8) is 0 Å². The monoisotopic (exact) mass is 542 g/mol. The van der Waals surface area contributed by atoms with E-state index in [4.69, 9.17) is 16.3 Å². The summed E-state index contributed by atoms with van der Waals surface area (Å²) < 4.78 is 8.81. The number of hydrogen-bond acceptors (Lipinski definition) is 1. The summed E-state index contributed by atoms with van der Waals surface area (Å²) in [5.74, 6) is 0.853. The highest BCUT2D eigenvalue weighted by molar-refractivity contribution is 14.1. The molecule has 5 heteroatoms. The van der Waals surface area contributed by atoms with Crippen LogP contribution in [0.4, 0.5) is 0 Å². The molecule has 2 rings (SSSR count). The second kappa shape index (κ2) is 7.20. The molecule has 0 fully saturated rings. The van der Waals surface area contributed by atoms with Crippen LogP contribution in [0.1, 0.15) is 27.6 Å². The Morgan fingerprint density at radius 1 is 1.19 bits per heavy atom. The molecule has 1 unspecified atom stereocenters. The van der Waals surface area contributed by atoms with Gasteiger partial charge in [0.25, 0.3) is 0 Å². The highest BCUT2D eigenvalue weighted by Gasteiger charge is 2.23. The molecule has 0 N–H and O–H groups in total. The zero-order valence-corrected chi connectivity index (χ0v) is 17.9. The van der Waals surface area contributed by atoms with Crippen LogP contribution in [0.2, 0.25) is 0 Å². The standard InChI is InChI=1S/C16H14Br2ClIO/c1-8-6-12(18)9(2)14(16(8)21-3)15(19)11-7-10(17)4-5-13(11)20/h4-7,15H,1-3H3. The first-order chi connectivity index (χ1) is 9.86. The van der Waals surface area contributed by atoms with E-state index in [0.717, 1.165) is 40.5 Å². The van der Waals surface area contributed by atoms with Gasteiger partial charge in [-0.15, -0.1) is 11.6 Å². The van der Waals surface area contributed by atoms with Gasteiger partial charge in [0, 0.05) is 18.1 Å². The van der Waals surface area contributed by atoms with Crippen LogP contribution in [0.25, 0.3) is 0 Å². The Labute approximate surface area is 160 Å². The molecule has 0 spiro atoms. The summed E-state index contributed by atoms with van der Waals surface area (Å²) in [7, 11) is 1.69. The summed E-state index contributed by atoms with van der Waals surface area (Å²) >= 11 is 16.3. The molecule has 0 saturated carbocycles. The highest BCUT2D eigenvalue weighted by Crippen LogP contribution is 2.43. The number of rotatable bonds is 3. The Morgan fingerprint density at radius 2 is 1.86 bits per heavy atom. The van der Waals surface area contributed by atoms with Gasteiger partial charge in [-0.1, -0.05) is 31.9 Å². The SMILES string of the molecule is COc1c(C)cc(Br)c(C)c1C(Cl)c1cc(Br)ccc1I. The van der Waals surface area contributed by atoms with Gasteiger partial charge in [-0.05, 0) is 77.4 Å². The molecule has 0 saturated heterocycles. The minimum absolute atomic E-state index is 0.263. The van der Waals surface area contributed by atoms with E-state index < -0.39 is 0 Å². The normalized spacial score (nSPS) is 12.3. The maximum absolute atomic E-state index is 6.82. The Hall–Kier alpha value is 0.220. The van der Waals surface area contributed by atoms with Gasteiger partial charge in [-0.3, -0.25) is 0 Å². The first-order valence-corrected chi connectivity index (χ1v) is 9.39. The van der Waals surface area contributed by atoms with Gasteiger partial charge in [-0.25, -0.2) is 0 Å². The van der Waals surface area contributed by atoms with Crippen LogP contribution in [0, 0.1) is 17.4 Å². The largest absolute Gasteiger partial charge is 0.496 e. The van der Waals surface area contributed by atoms with Crippen molar-refractivity contribution in [3.05, 3.63) is 59.0 Å². The summed E-state index contributed by atoms with van der Waals surface area (Å²) in [6, 6.07) is 8.20. The van der Waals surface area contributed by atoms with Gasteiger partial charge in [0.2, 0.25) is 0 Å². The predicted molar refractivity (Wildman–Crippen MR) is 105 cm³/mol. The van der Waals surface area contributed by atoms with E-state index in [1.54, 1.807) is 7.11 Å². The third-order valence-corrected chi connectivity index (χ3v) is 6.15. The number of methoxy groups -OCH3 is 1. The fourth-order valence-corrected chi connectivity index (χ4v) is 4.53. The van der Waals surface area contributed by atoms with Gasteiger partial charge < -0.3 is 4.74 Å². The van der Waals surface area contributed by atoms with E-state index in [2.05, 4.69) is 79.6 Å². The number of alkyl halides is 1. The van der Waals surface area contributed by atoms with Gasteiger partial charge in [-0.2, -0.15) is 0 Å². The van der Waals surface area contributed by atoms with Gasteiger partial charge >= 0.3 is 0 Å². The molecule has 0 aliphatic heterocycles. The van der Waals surface area contributed by atoms with Crippen LogP contribution >= 0.6 is 66.1 Å². The van der Waals surface area contributed by atoms with Gasteiger partial charge in [0.1, 0.15) is 5.75 Å². The molecule has 1 nitrogen and oxygen atoms in total. The molecule has 0 bridgehead atoms. The third kappa shape index (κ3) is 3.59. The predicted octanol–water partition coefficient (Wildman–Crippen LogP) is 6.77. The van der Waals surface area contributed by atoms with E-state index in [1.807, 2.05) is 13.0 Å². The summed E-state index contributed by atoms with van der Waals surface area (Å²) in [6.07, 6.45) is 0. The molecule has 0 aliphatic rings. The molecule has 0 amide bonds. The quantitative estimate of drug-likeness (QED) is 0.306. The Balaban J connectivity index is 2.68. The second-order valence-corrected chi connectivity index (χ2v) is 8.14. The van der Waals surface area contributed by atoms with Crippen molar-refractivity contribution in [1.82, 2.24) is 0 Å². The maximum atomic E-state index is 6.82. The zero-order chi connectivity index (χ0) is 15.7. The average Bonchev–Trinajstić information content (AvgIpc) is 2.44. The number of aryl methyl sites for hydroxylation is 1.